The largest absolute Gasteiger partial charge is 0.496 e. The van der Waals surface area contributed by atoms with Crippen LogP contribution in [0.25, 0.3) is 0 Å². The van der Waals surface area contributed by atoms with Crippen LogP contribution in [0.4, 0.5) is 0 Å². The van der Waals surface area contributed by atoms with Crippen molar-refractivity contribution in [3.05, 3.63) is 64.7 Å². The number of ether oxygens (including phenoxy) is 1. The van der Waals surface area contributed by atoms with Crippen LogP contribution in [0.5, 0.6) is 5.75 Å². The highest BCUT2D eigenvalue weighted by molar-refractivity contribution is 6.21. The molecule has 6 heteroatoms. The Balaban J connectivity index is 1.73. The standard InChI is InChI=1S/C21H20N2O4/c1-13(24)22-11-10-15-14(8-5-9-19(15)27-2)18(22)12-23-20(25)16-6-3-4-7-17(16)21(23)26/h3-9,18H,10-12H2,1-2H3/t18-/m0/s1. The SMILES string of the molecule is COc1cccc2c1CCN(C(C)=O)[C@H]2CN1C(=O)c2ccccc2C1=O. The molecule has 2 aliphatic rings. The lowest BCUT2D eigenvalue weighted by atomic mass is 9.91. The van der Waals surface area contributed by atoms with Crippen molar-refractivity contribution in [3.8, 4) is 5.75 Å². The summed E-state index contributed by atoms with van der Waals surface area (Å²) < 4.78 is 5.47. The number of hydrogen-bond donors (Lipinski definition) is 0. The number of imide groups is 1. The van der Waals surface area contributed by atoms with Crippen molar-refractivity contribution in [2.75, 3.05) is 20.2 Å². The highest BCUT2D eigenvalue weighted by Gasteiger charge is 2.40. The van der Waals surface area contributed by atoms with E-state index >= 15 is 0 Å². The molecule has 0 aliphatic carbocycles. The third-order valence-electron chi connectivity index (χ3n) is 5.37. The average molecular weight is 364 g/mol. The molecule has 0 unspecified atom stereocenters. The first kappa shape index (κ1) is 17.3. The summed E-state index contributed by atoms with van der Waals surface area (Å²) in [5.74, 6) is 0.0661. The maximum atomic E-state index is 12.8. The van der Waals surface area contributed by atoms with Crippen LogP contribution < -0.4 is 4.74 Å². The highest BCUT2D eigenvalue weighted by atomic mass is 16.5. The van der Waals surface area contributed by atoms with Crippen LogP contribution in [0.3, 0.4) is 0 Å². The topological polar surface area (TPSA) is 66.9 Å². The zero-order chi connectivity index (χ0) is 19.1. The Morgan fingerprint density at radius 1 is 1.07 bits per heavy atom. The maximum absolute atomic E-state index is 12.8. The number of fused-ring (bicyclic) bond motifs is 2. The zero-order valence-electron chi connectivity index (χ0n) is 15.3. The molecule has 2 heterocycles. The van der Waals surface area contributed by atoms with Gasteiger partial charge in [0.25, 0.3) is 11.8 Å². The maximum Gasteiger partial charge on any atom is 0.261 e. The van der Waals surface area contributed by atoms with Crippen LogP contribution in [0.1, 0.15) is 44.8 Å². The molecule has 4 rings (SSSR count). The smallest absolute Gasteiger partial charge is 0.261 e. The van der Waals surface area contributed by atoms with Gasteiger partial charge in [-0.25, -0.2) is 0 Å². The average Bonchev–Trinajstić information content (AvgIpc) is 2.92. The first-order chi connectivity index (χ1) is 13.0. The van der Waals surface area contributed by atoms with E-state index in [1.807, 2.05) is 18.2 Å². The van der Waals surface area contributed by atoms with Gasteiger partial charge in [-0.2, -0.15) is 0 Å². The molecule has 2 aromatic rings. The molecular weight excluding hydrogens is 344 g/mol. The van der Waals surface area contributed by atoms with Crippen LogP contribution in [0, 0.1) is 0 Å². The molecule has 0 bridgehead atoms. The third kappa shape index (κ3) is 2.68. The van der Waals surface area contributed by atoms with E-state index in [1.54, 1.807) is 36.3 Å². The number of methoxy groups -OCH3 is 1. The van der Waals surface area contributed by atoms with Gasteiger partial charge in [0.15, 0.2) is 0 Å². The van der Waals surface area contributed by atoms with Crippen molar-refractivity contribution in [3.63, 3.8) is 0 Å². The molecule has 0 spiro atoms. The van der Waals surface area contributed by atoms with Gasteiger partial charge in [-0.15, -0.1) is 0 Å². The van der Waals surface area contributed by atoms with E-state index < -0.39 is 0 Å². The molecule has 138 valence electrons. The lowest BCUT2D eigenvalue weighted by molar-refractivity contribution is -0.132. The van der Waals surface area contributed by atoms with E-state index in [0.717, 1.165) is 16.9 Å². The van der Waals surface area contributed by atoms with E-state index in [-0.39, 0.29) is 30.3 Å². The summed E-state index contributed by atoms with van der Waals surface area (Å²) in [7, 11) is 1.62. The van der Waals surface area contributed by atoms with E-state index in [0.29, 0.717) is 24.1 Å². The van der Waals surface area contributed by atoms with Crippen LogP contribution in [0.2, 0.25) is 0 Å². The summed E-state index contributed by atoms with van der Waals surface area (Å²) in [4.78, 5) is 40.8. The summed E-state index contributed by atoms with van der Waals surface area (Å²) in [5, 5.41) is 0. The van der Waals surface area contributed by atoms with Crippen molar-refractivity contribution in [2.24, 2.45) is 0 Å². The minimum Gasteiger partial charge on any atom is -0.496 e. The lowest BCUT2D eigenvalue weighted by Crippen LogP contribution is -2.45. The first-order valence-electron chi connectivity index (χ1n) is 8.91. The molecule has 0 aromatic heterocycles. The summed E-state index contributed by atoms with van der Waals surface area (Å²) >= 11 is 0. The molecule has 1 atom stereocenters. The third-order valence-corrected chi connectivity index (χ3v) is 5.37. The summed E-state index contributed by atoms with van der Waals surface area (Å²) in [5.41, 5.74) is 2.78. The Bertz CT molecular complexity index is 918. The molecule has 2 aromatic carbocycles. The Kier molecular flexibility index (Phi) is 4.18. The Hall–Kier alpha value is -3.15. The van der Waals surface area contributed by atoms with Gasteiger partial charge in [0.05, 0.1) is 30.8 Å². The fourth-order valence-electron chi connectivity index (χ4n) is 4.06. The molecule has 0 saturated heterocycles. The molecule has 6 nitrogen and oxygen atoms in total. The van der Waals surface area contributed by atoms with E-state index in [9.17, 15) is 14.4 Å². The van der Waals surface area contributed by atoms with Gasteiger partial charge in [-0.1, -0.05) is 24.3 Å². The molecule has 0 saturated carbocycles. The number of rotatable bonds is 3. The fraction of sp³-hybridized carbons (Fsp3) is 0.286. The second kappa shape index (κ2) is 6.54. The van der Waals surface area contributed by atoms with Gasteiger partial charge in [0, 0.05) is 19.0 Å². The monoisotopic (exact) mass is 364 g/mol. The van der Waals surface area contributed by atoms with Crippen molar-refractivity contribution < 1.29 is 19.1 Å². The molecular formula is C21H20N2O4. The van der Waals surface area contributed by atoms with Crippen LogP contribution in [-0.4, -0.2) is 47.7 Å². The molecule has 0 radical (unpaired) electrons. The van der Waals surface area contributed by atoms with E-state index in [2.05, 4.69) is 0 Å². The van der Waals surface area contributed by atoms with Gasteiger partial charge >= 0.3 is 0 Å². The van der Waals surface area contributed by atoms with Crippen molar-refractivity contribution in [1.29, 1.82) is 0 Å². The Morgan fingerprint density at radius 3 is 2.33 bits per heavy atom. The summed E-state index contributed by atoms with van der Waals surface area (Å²) in [6.45, 7) is 2.17. The second-order valence-electron chi connectivity index (χ2n) is 6.77. The molecule has 0 fully saturated rings. The molecule has 27 heavy (non-hydrogen) atoms. The molecule has 2 aliphatic heterocycles. The van der Waals surface area contributed by atoms with Gasteiger partial charge in [0.1, 0.15) is 5.75 Å². The molecule has 0 N–H and O–H groups in total. The van der Waals surface area contributed by atoms with Crippen LogP contribution in [0.15, 0.2) is 42.5 Å². The number of amides is 3. The van der Waals surface area contributed by atoms with E-state index in [4.69, 9.17) is 4.74 Å². The zero-order valence-corrected chi connectivity index (χ0v) is 15.3. The minimum absolute atomic E-state index is 0.0786. The Labute approximate surface area is 157 Å². The van der Waals surface area contributed by atoms with Gasteiger partial charge in [-0.3, -0.25) is 19.3 Å². The number of hydrogen-bond acceptors (Lipinski definition) is 4. The Morgan fingerprint density at radius 2 is 1.74 bits per heavy atom. The van der Waals surface area contributed by atoms with Gasteiger partial charge in [-0.05, 0) is 30.2 Å². The highest BCUT2D eigenvalue weighted by Crippen LogP contribution is 2.37. The van der Waals surface area contributed by atoms with Crippen LogP contribution >= 0.6 is 0 Å². The van der Waals surface area contributed by atoms with Crippen molar-refractivity contribution >= 4 is 17.7 Å². The summed E-state index contributed by atoms with van der Waals surface area (Å²) in [6, 6.07) is 12.1. The van der Waals surface area contributed by atoms with Crippen LogP contribution in [-0.2, 0) is 11.2 Å². The number of carbonyl (C=O) groups excluding carboxylic acids is 3. The molecule has 3 amide bonds. The fourth-order valence-corrected chi connectivity index (χ4v) is 4.06. The predicted octanol–water partition coefficient (Wildman–Crippen LogP) is 2.44. The quantitative estimate of drug-likeness (QED) is 0.785. The van der Waals surface area contributed by atoms with Gasteiger partial charge < -0.3 is 9.64 Å². The van der Waals surface area contributed by atoms with Gasteiger partial charge in [0.2, 0.25) is 5.91 Å². The lowest BCUT2D eigenvalue weighted by Gasteiger charge is -2.38. The minimum atomic E-state index is -0.386. The number of benzene rings is 2. The summed E-state index contributed by atoms with van der Waals surface area (Å²) in [6.07, 6.45) is 0.678. The van der Waals surface area contributed by atoms with Crippen molar-refractivity contribution in [1.82, 2.24) is 9.80 Å². The second-order valence-corrected chi connectivity index (χ2v) is 6.77. The van der Waals surface area contributed by atoms with E-state index in [1.165, 1.54) is 11.8 Å². The number of carbonyl (C=O) groups is 3. The normalized spacial score (nSPS) is 18.4. The predicted molar refractivity (Wildman–Crippen MR) is 98.6 cm³/mol. The number of nitrogens with zero attached hydrogens (tertiary/aromatic N) is 2. The van der Waals surface area contributed by atoms with Crippen molar-refractivity contribution in [2.45, 2.75) is 19.4 Å². The first-order valence-corrected chi connectivity index (χ1v) is 8.91.